The first-order valence-corrected chi connectivity index (χ1v) is 7.95. The third-order valence-corrected chi connectivity index (χ3v) is 6.16. The first-order valence-electron chi connectivity index (χ1n) is 6.44. The lowest BCUT2D eigenvalue weighted by atomic mass is 10.0. The predicted octanol–water partition coefficient (Wildman–Crippen LogP) is -0.731. The van der Waals surface area contributed by atoms with Crippen LogP contribution in [-0.2, 0) is 19.6 Å². The van der Waals surface area contributed by atoms with Gasteiger partial charge in [-0.05, 0) is 12.8 Å². The molecule has 0 radical (unpaired) electrons. The lowest BCUT2D eigenvalue weighted by Gasteiger charge is -2.40. The largest absolute Gasteiger partial charge is 0.378 e. The lowest BCUT2D eigenvalue weighted by Crippen LogP contribution is -2.58. The molecule has 1 amide bonds. The van der Waals surface area contributed by atoms with Crippen LogP contribution in [0.4, 0.5) is 0 Å². The van der Waals surface area contributed by atoms with Crippen LogP contribution in [0, 0.1) is 5.92 Å². The highest BCUT2D eigenvalue weighted by Crippen LogP contribution is 2.34. The minimum atomic E-state index is -3.09. The second kappa shape index (κ2) is 4.47. The van der Waals surface area contributed by atoms with E-state index < -0.39 is 10.0 Å². The van der Waals surface area contributed by atoms with Gasteiger partial charge in [0.05, 0.1) is 24.4 Å². The number of nitrogens with zero attached hydrogens (tertiary/aromatic N) is 2. The number of sulfonamides is 1. The lowest BCUT2D eigenvalue weighted by molar-refractivity contribution is -0.143. The third-order valence-electron chi connectivity index (χ3n) is 3.83. The summed E-state index contributed by atoms with van der Waals surface area (Å²) in [5.74, 6) is -0.0582. The molecule has 0 aromatic carbocycles. The minimum absolute atomic E-state index is 0.0838. The minimum Gasteiger partial charge on any atom is -0.378 e. The molecule has 0 N–H and O–H groups in total. The molecule has 2 saturated heterocycles. The first kappa shape index (κ1) is 12.4. The Labute approximate surface area is 107 Å². The van der Waals surface area contributed by atoms with Gasteiger partial charge in [0.15, 0.2) is 0 Å². The van der Waals surface area contributed by atoms with Gasteiger partial charge in [-0.3, -0.25) is 4.79 Å². The van der Waals surface area contributed by atoms with Gasteiger partial charge in [-0.25, -0.2) is 8.42 Å². The van der Waals surface area contributed by atoms with Crippen LogP contribution in [0.25, 0.3) is 0 Å². The van der Waals surface area contributed by atoms with E-state index in [9.17, 15) is 13.2 Å². The SMILES string of the molecule is O=C(C1CN(S(=O)(=O)C2CC2)C1)N1CCOCC1. The average Bonchev–Trinajstić information content (AvgIpc) is 3.11. The third kappa shape index (κ3) is 2.15. The van der Waals surface area contributed by atoms with Crippen LogP contribution < -0.4 is 0 Å². The van der Waals surface area contributed by atoms with E-state index in [1.165, 1.54) is 4.31 Å². The van der Waals surface area contributed by atoms with Crippen LogP contribution in [0.1, 0.15) is 12.8 Å². The highest BCUT2D eigenvalue weighted by Gasteiger charge is 2.47. The highest BCUT2D eigenvalue weighted by atomic mass is 32.2. The summed E-state index contributed by atoms with van der Waals surface area (Å²) in [6.07, 6.45) is 1.56. The van der Waals surface area contributed by atoms with Gasteiger partial charge < -0.3 is 9.64 Å². The molecule has 3 rings (SSSR count). The topological polar surface area (TPSA) is 66.9 Å². The molecule has 7 heteroatoms. The predicted molar refractivity (Wildman–Crippen MR) is 64.4 cm³/mol. The number of carbonyl (C=O) groups is 1. The number of carbonyl (C=O) groups excluding carboxylic acids is 1. The number of rotatable bonds is 3. The van der Waals surface area contributed by atoms with Crippen molar-refractivity contribution in [3.63, 3.8) is 0 Å². The molecule has 0 aromatic rings. The number of morpholine rings is 1. The molecule has 6 nitrogen and oxygen atoms in total. The fourth-order valence-corrected chi connectivity index (χ4v) is 4.35. The van der Waals surface area contributed by atoms with Gasteiger partial charge in [0.2, 0.25) is 15.9 Å². The molecule has 0 aromatic heterocycles. The summed E-state index contributed by atoms with van der Waals surface area (Å²) < 4.78 is 30.5. The quantitative estimate of drug-likeness (QED) is 0.680. The Kier molecular flexibility index (Phi) is 3.07. The fourth-order valence-electron chi connectivity index (χ4n) is 2.42. The summed E-state index contributed by atoms with van der Waals surface area (Å²) in [6, 6.07) is 0. The van der Waals surface area contributed by atoms with E-state index in [2.05, 4.69) is 0 Å². The van der Waals surface area contributed by atoms with Crippen molar-refractivity contribution < 1.29 is 17.9 Å². The number of hydrogen-bond acceptors (Lipinski definition) is 4. The Morgan fingerprint density at radius 1 is 1.11 bits per heavy atom. The molecule has 1 saturated carbocycles. The molecule has 0 unspecified atom stereocenters. The Hall–Kier alpha value is -0.660. The standard InChI is InChI=1S/C11H18N2O4S/c14-11(12-3-5-17-6-4-12)9-7-13(8-9)18(15,16)10-1-2-10/h9-10H,1-8H2. The van der Waals surface area contributed by atoms with Crippen molar-refractivity contribution in [1.82, 2.24) is 9.21 Å². The smallest absolute Gasteiger partial charge is 0.228 e. The molecule has 2 aliphatic heterocycles. The normalized spacial score (nSPS) is 27.0. The molecule has 1 aliphatic carbocycles. The second-order valence-corrected chi connectivity index (χ2v) is 7.41. The summed E-state index contributed by atoms with van der Waals surface area (Å²) in [5, 5.41) is -0.170. The maximum absolute atomic E-state index is 12.1. The van der Waals surface area contributed by atoms with Crippen LogP contribution in [0.2, 0.25) is 0 Å². The van der Waals surface area contributed by atoms with Crippen molar-refractivity contribution in [2.45, 2.75) is 18.1 Å². The summed E-state index contributed by atoms with van der Waals surface area (Å²) in [6.45, 7) is 3.17. The van der Waals surface area contributed by atoms with E-state index >= 15 is 0 Å². The molecule has 0 atom stereocenters. The van der Waals surface area contributed by atoms with Gasteiger partial charge in [0, 0.05) is 26.2 Å². The molecule has 102 valence electrons. The Balaban J connectivity index is 1.53. The van der Waals surface area contributed by atoms with Crippen molar-refractivity contribution in [2.24, 2.45) is 5.92 Å². The summed E-state index contributed by atoms with van der Waals surface area (Å²) in [7, 11) is -3.09. The maximum atomic E-state index is 12.1. The monoisotopic (exact) mass is 274 g/mol. The average molecular weight is 274 g/mol. The Bertz CT molecular complexity index is 434. The van der Waals surface area contributed by atoms with Gasteiger partial charge in [-0.2, -0.15) is 4.31 Å². The molecule has 0 bridgehead atoms. The zero-order valence-electron chi connectivity index (χ0n) is 10.2. The highest BCUT2D eigenvalue weighted by molar-refractivity contribution is 7.90. The van der Waals surface area contributed by atoms with E-state index in [0.29, 0.717) is 39.4 Å². The molecule has 3 aliphatic rings. The summed E-state index contributed by atoms with van der Waals surface area (Å²) >= 11 is 0. The summed E-state index contributed by atoms with van der Waals surface area (Å²) in [5.41, 5.74) is 0. The van der Waals surface area contributed by atoms with Crippen molar-refractivity contribution in [1.29, 1.82) is 0 Å². The van der Waals surface area contributed by atoms with Crippen LogP contribution in [0.3, 0.4) is 0 Å². The Morgan fingerprint density at radius 2 is 1.72 bits per heavy atom. The van der Waals surface area contributed by atoms with Crippen molar-refractivity contribution in [3.8, 4) is 0 Å². The molecule has 0 spiro atoms. The fraction of sp³-hybridized carbons (Fsp3) is 0.909. The van der Waals surface area contributed by atoms with Gasteiger partial charge >= 0.3 is 0 Å². The van der Waals surface area contributed by atoms with Gasteiger partial charge in [0.1, 0.15) is 0 Å². The van der Waals surface area contributed by atoms with Crippen molar-refractivity contribution >= 4 is 15.9 Å². The first-order chi connectivity index (χ1) is 8.59. The van der Waals surface area contributed by atoms with E-state index in [0.717, 1.165) is 12.8 Å². The zero-order valence-corrected chi connectivity index (χ0v) is 11.1. The number of amides is 1. The van der Waals surface area contributed by atoms with Crippen LogP contribution >= 0.6 is 0 Å². The second-order valence-electron chi connectivity index (χ2n) is 5.20. The van der Waals surface area contributed by atoms with Crippen LogP contribution in [0.15, 0.2) is 0 Å². The summed E-state index contributed by atoms with van der Waals surface area (Å²) in [4.78, 5) is 13.9. The van der Waals surface area contributed by atoms with Gasteiger partial charge in [-0.1, -0.05) is 0 Å². The van der Waals surface area contributed by atoms with E-state index in [-0.39, 0.29) is 17.1 Å². The van der Waals surface area contributed by atoms with E-state index in [1.54, 1.807) is 4.90 Å². The van der Waals surface area contributed by atoms with Crippen LogP contribution in [-0.4, -0.2) is 68.2 Å². The maximum Gasteiger partial charge on any atom is 0.228 e. The molecule has 18 heavy (non-hydrogen) atoms. The van der Waals surface area contributed by atoms with E-state index in [1.807, 2.05) is 0 Å². The van der Waals surface area contributed by atoms with Crippen molar-refractivity contribution in [2.75, 3.05) is 39.4 Å². The van der Waals surface area contributed by atoms with E-state index in [4.69, 9.17) is 4.74 Å². The number of ether oxygens (including phenoxy) is 1. The van der Waals surface area contributed by atoms with Crippen LogP contribution in [0.5, 0.6) is 0 Å². The molecular formula is C11H18N2O4S. The number of hydrogen-bond donors (Lipinski definition) is 0. The Morgan fingerprint density at radius 3 is 2.28 bits per heavy atom. The molecule has 3 fully saturated rings. The van der Waals surface area contributed by atoms with Crippen molar-refractivity contribution in [3.05, 3.63) is 0 Å². The molecule has 2 heterocycles. The molecular weight excluding hydrogens is 256 g/mol. The zero-order chi connectivity index (χ0) is 12.8. The van der Waals surface area contributed by atoms with Gasteiger partial charge in [-0.15, -0.1) is 0 Å². The van der Waals surface area contributed by atoms with Gasteiger partial charge in [0.25, 0.3) is 0 Å².